The summed E-state index contributed by atoms with van der Waals surface area (Å²) in [6, 6.07) is 0. The van der Waals surface area contributed by atoms with Crippen molar-refractivity contribution in [2.75, 3.05) is 0 Å². The van der Waals surface area contributed by atoms with Crippen LogP contribution in [0.3, 0.4) is 0 Å². The van der Waals surface area contributed by atoms with Crippen molar-refractivity contribution in [2.45, 2.75) is 0 Å². The smallest absolute Gasteiger partial charge is 0.759 e. The first kappa shape index (κ1) is 15.7. The molecule has 0 aliphatic carbocycles. The van der Waals surface area contributed by atoms with E-state index in [9.17, 15) is 0 Å². The SMILES string of the molecule is O=S(=O)([O-])[O-].[AlH3].[Zn+2]. The standard InChI is InChI=1S/Al.H2O4S.Zn.3H/c;1-5(2,3)4;;;;/h;(H2,1,2,3,4);;;;/q;;+2;;;/p-2. The summed E-state index contributed by atoms with van der Waals surface area (Å²) in [6.45, 7) is 0. The molecule has 0 rings (SSSR count). The molecule has 0 bridgehead atoms. The van der Waals surface area contributed by atoms with Gasteiger partial charge in [0.1, 0.15) is 0 Å². The van der Waals surface area contributed by atoms with Crippen LogP contribution < -0.4 is 0 Å². The Kier molecular flexibility index (Phi) is 11.6. The molecule has 0 saturated carbocycles. The van der Waals surface area contributed by atoms with Crippen molar-refractivity contribution in [1.29, 1.82) is 0 Å². The monoisotopic (exact) mass is 190 g/mol. The van der Waals surface area contributed by atoms with E-state index in [1.165, 1.54) is 0 Å². The molecule has 0 amide bonds. The van der Waals surface area contributed by atoms with E-state index in [2.05, 4.69) is 0 Å². The number of rotatable bonds is 0. The average molecular weight is 191 g/mol. The van der Waals surface area contributed by atoms with E-state index in [1.807, 2.05) is 0 Å². The summed E-state index contributed by atoms with van der Waals surface area (Å²) in [5.41, 5.74) is 0. The third-order valence-electron chi connectivity index (χ3n) is 0. The Morgan fingerprint density at radius 3 is 1.14 bits per heavy atom. The third kappa shape index (κ3) is 169. The molecule has 0 atom stereocenters. The van der Waals surface area contributed by atoms with Gasteiger partial charge < -0.3 is 9.11 Å². The summed E-state index contributed by atoms with van der Waals surface area (Å²) in [4.78, 5) is 0. The minimum Gasteiger partial charge on any atom is -0.759 e. The molecule has 0 heterocycles. The second-order valence-corrected chi connectivity index (χ2v) is 1.22. The van der Waals surface area contributed by atoms with Gasteiger partial charge >= 0.3 is 19.5 Å². The first-order chi connectivity index (χ1) is 2.00. The predicted molar refractivity (Wildman–Crippen MR) is 20.4 cm³/mol. The summed E-state index contributed by atoms with van der Waals surface area (Å²) in [6.07, 6.45) is 0. The molecule has 0 aliphatic heterocycles. The van der Waals surface area contributed by atoms with Gasteiger partial charge in [0.15, 0.2) is 17.4 Å². The topological polar surface area (TPSA) is 80.3 Å². The fraction of sp³-hybridized carbons (Fsp3) is 0. The Morgan fingerprint density at radius 1 is 1.14 bits per heavy atom. The van der Waals surface area contributed by atoms with E-state index < -0.39 is 10.4 Å². The molecule has 0 spiro atoms. The third-order valence-corrected chi connectivity index (χ3v) is 0. The predicted octanol–water partition coefficient (Wildman–Crippen LogP) is -2.52. The quantitative estimate of drug-likeness (QED) is 0.240. The fourth-order valence-electron chi connectivity index (χ4n) is 0. The normalized spacial score (nSPS) is 8.29. The van der Waals surface area contributed by atoms with Crippen molar-refractivity contribution < 1.29 is 37.0 Å². The van der Waals surface area contributed by atoms with Crippen LogP contribution in [0.5, 0.6) is 0 Å². The van der Waals surface area contributed by atoms with Crippen molar-refractivity contribution in [3.8, 4) is 0 Å². The summed E-state index contributed by atoms with van der Waals surface area (Å²) in [7, 11) is -5.17. The molecule has 0 aromatic carbocycles. The minimum absolute atomic E-state index is 0. The zero-order valence-electron chi connectivity index (χ0n) is 2.75. The number of hydrogen-bond acceptors (Lipinski definition) is 4. The van der Waals surface area contributed by atoms with Crippen LogP contribution in [-0.4, -0.2) is 34.9 Å². The molecule has 0 fully saturated rings. The van der Waals surface area contributed by atoms with E-state index in [4.69, 9.17) is 17.5 Å². The van der Waals surface area contributed by atoms with E-state index in [0.717, 1.165) is 0 Å². The van der Waals surface area contributed by atoms with Gasteiger partial charge in [0.05, 0.1) is 0 Å². The van der Waals surface area contributed by atoms with Crippen molar-refractivity contribution in [3.05, 3.63) is 0 Å². The Morgan fingerprint density at radius 2 is 1.14 bits per heavy atom. The molecule has 0 unspecified atom stereocenters. The fourth-order valence-corrected chi connectivity index (χ4v) is 0. The number of hydrogen-bond donors (Lipinski definition) is 0. The zero-order valence-corrected chi connectivity index (χ0v) is 6.53. The largest absolute Gasteiger partial charge is 2.00 e. The van der Waals surface area contributed by atoms with Crippen LogP contribution in [0.2, 0.25) is 0 Å². The van der Waals surface area contributed by atoms with Crippen molar-refractivity contribution in [2.24, 2.45) is 0 Å². The van der Waals surface area contributed by atoms with Crippen LogP contribution in [0.4, 0.5) is 0 Å². The van der Waals surface area contributed by atoms with Crippen molar-refractivity contribution in [1.82, 2.24) is 0 Å². The molecule has 0 radical (unpaired) electrons. The molecule has 38 valence electrons. The van der Waals surface area contributed by atoms with E-state index in [0.29, 0.717) is 0 Å². The molecule has 0 aliphatic rings. The zero-order chi connectivity index (χ0) is 4.50. The Labute approximate surface area is 64.8 Å². The Hall–Kier alpha value is 1.03. The van der Waals surface area contributed by atoms with Crippen LogP contribution in [0.1, 0.15) is 0 Å². The van der Waals surface area contributed by atoms with Crippen LogP contribution in [-0.2, 0) is 29.9 Å². The first-order valence-electron chi connectivity index (χ1n) is 0.667. The Balaban J connectivity index is -0.0000000800. The summed E-state index contributed by atoms with van der Waals surface area (Å²) in [5, 5.41) is 0. The van der Waals surface area contributed by atoms with Gasteiger partial charge in [-0.3, -0.25) is 8.42 Å². The maximum absolute atomic E-state index is 8.52. The molecule has 0 aromatic heterocycles. The maximum Gasteiger partial charge on any atom is 2.00 e. The molecular formula is H3AlO4SZn. The molecule has 0 saturated heterocycles. The van der Waals surface area contributed by atoms with Gasteiger partial charge in [-0.15, -0.1) is 0 Å². The van der Waals surface area contributed by atoms with Gasteiger partial charge in [0.2, 0.25) is 0 Å². The average Bonchev–Trinajstić information content (AvgIpc) is 0.722. The van der Waals surface area contributed by atoms with E-state index in [-0.39, 0.29) is 36.8 Å². The van der Waals surface area contributed by atoms with E-state index in [1.54, 1.807) is 0 Å². The van der Waals surface area contributed by atoms with Crippen molar-refractivity contribution >= 4 is 27.8 Å². The van der Waals surface area contributed by atoms with Crippen LogP contribution in [0, 0.1) is 0 Å². The van der Waals surface area contributed by atoms with Crippen LogP contribution in [0.25, 0.3) is 0 Å². The summed E-state index contributed by atoms with van der Waals surface area (Å²) >= 11 is 0. The molecule has 7 heteroatoms. The molecule has 0 aromatic rings. The van der Waals surface area contributed by atoms with Gasteiger partial charge in [-0.2, -0.15) is 0 Å². The van der Waals surface area contributed by atoms with Gasteiger partial charge in [0, 0.05) is 10.4 Å². The molecular weight excluding hydrogens is 188 g/mol. The minimum atomic E-state index is -5.17. The summed E-state index contributed by atoms with van der Waals surface area (Å²) in [5.74, 6) is 0. The van der Waals surface area contributed by atoms with Crippen LogP contribution in [0.15, 0.2) is 0 Å². The Bertz CT molecular complexity index is 94.9. The first-order valence-corrected chi connectivity index (χ1v) is 2.00. The van der Waals surface area contributed by atoms with Gasteiger partial charge in [-0.1, -0.05) is 0 Å². The maximum atomic E-state index is 8.52. The van der Waals surface area contributed by atoms with E-state index >= 15 is 0 Å². The summed E-state index contributed by atoms with van der Waals surface area (Å²) < 4.78 is 34.1. The van der Waals surface area contributed by atoms with Gasteiger partial charge in [0.25, 0.3) is 0 Å². The second-order valence-electron chi connectivity index (χ2n) is 0.408. The second kappa shape index (κ2) is 5.17. The van der Waals surface area contributed by atoms with Crippen molar-refractivity contribution in [3.63, 3.8) is 0 Å². The molecule has 4 nitrogen and oxygen atoms in total. The van der Waals surface area contributed by atoms with Gasteiger partial charge in [-0.25, -0.2) is 0 Å². The molecule has 7 heavy (non-hydrogen) atoms. The van der Waals surface area contributed by atoms with Gasteiger partial charge in [-0.05, 0) is 0 Å². The van der Waals surface area contributed by atoms with Crippen LogP contribution >= 0.6 is 0 Å². The molecule has 0 N–H and O–H groups in total.